The van der Waals surface area contributed by atoms with E-state index in [4.69, 9.17) is 16.3 Å². The lowest BCUT2D eigenvalue weighted by molar-refractivity contribution is -0.384. The molecular weight excluding hydrogens is 390 g/mol. The summed E-state index contributed by atoms with van der Waals surface area (Å²) in [6.07, 6.45) is 1.93. The number of ether oxygens (including phenoxy) is 1. The summed E-state index contributed by atoms with van der Waals surface area (Å²) in [7, 11) is 0. The largest absolute Gasteiger partial charge is 0.480 e. The quantitative estimate of drug-likeness (QED) is 0.584. The molecule has 2 fully saturated rings. The number of nitro groups is 1. The average Bonchev–Trinajstić information content (AvgIpc) is 3.02. The van der Waals surface area contributed by atoms with E-state index in [2.05, 4.69) is 11.8 Å². The van der Waals surface area contributed by atoms with E-state index in [0.717, 1.165) is 19.0 Å². The Bertz CT molecular complexity index is 794. The van der Waals surface area contributed by atoms with Crippen LogP contribution in [-0.4, -0.2) is 69.7 Å². The van der Waals surface area contributed by atoms with E-state index in [0.29, 0.717) is 25.9 Å². The number of nitro benzene ring substituents is 1. The lowest BCUT2D eigenvalue weighted by Gasteiger charge is -2.44. The van der Waals surface area contributed by atoms with Crippen LogP contribution in [0, 0.1) is 10.1 Å². The fourth-order valence-electron chi connectivity index (χ4n) is 3.92. The van der Waals surface area contributed by atoms with Crippen LogP contribution in [0.25, 0.3) is 0 Å². The summed E-state index contributed by atoms with van der Waals surface area (Å²) in [5, 5.41) is 20.7. The van der Waals surface area contributed by atoms with E-state index < -0.39 is 28.6 Å². The van der Waals surface area contributed by atoms with E-state index in [1.54, 1.807) is 0 Å². The van der Waals surface area contributed by atoms with Crippen molar-refractivity contribution in [2.45, 2.75) is 38.0 Å². The van der Waals surface area contributed by atoms with Crippen molar-refractivity contribution in [3.05, 3.63) is 38.9 Å². The molecule has 28 heavy (non-hydrogen) atoms. The molecule has 0 aliphatic carbocycles. The highest BCUT2D eigenvalue weighted by Crippen LogP contribution is 2.39. The normalized spacial score (nSPS) is 21.8. The van der Waals surface area contributed by atoms with Crippen LogP contribution in [0.2, 0.25) is 5.02 Å². The van der Waals surface area contributed by atoms with Gasteiger partial charge in [0.15, 0.2) is 6.04 Å². The van der Waals surface area contributed by atoms with Gasteiger partial charge < -0.3 is 14.7 Å². The zero-order valence-corrected chi connectivity index (χ0v) is 16.2. The van der Waals surface area contributed by atoms with E-state index in [9.17, 15) is 24.8 Å². The van der Waals surface area contributed by atoms with Crippen molar-refractivity contribution in [2.75, 3.05) is 26.2 Å². The molecule has 0 saturated carbocycles. The maximum atomic E-state index is 13.3. The van der Waals surface area contributed by atoms with Crippen molar-refractivity contribution < 1.29 is 24.4 Å². The summed E-state index contributed by atoms with van der Waals surface area (Å²) >= 11 is 6.13. The lowest BCUT2D eigenvalue weighted by atomic mass is 9.96. The molecule has 1 atom stereocenters. The molecule has 152 valence electrons. The molecule has 10 heteroatoms. The third kappa shape index (κ3) is 3.69. The second kappa shape index (κ2) is 8.02. The first-order valence-corrected chi connectivity index (χ1v) is 9.53. The summed E-state index contributed by atoms with van der Waals surface area (Å²) in [5.41, 5.74) is -1.42. The van der Waals surface area contributed by atoms with Gasteiger partial charge in [0.05, 0.1) is 22.1 Å². The Labute approximate surface area is 167 Å². The van der Waals surface area contributed by atoms with Gasteiger partial charge in [0.1, 0.15) is 5.72 Å². The number of halogens is 1. The summed E-state index contributed by atoms with van der Waals surface area (Å²) in [6, 6.07) is 2.39. The van der Waals surface area contributed by atoms with Gasteiger partial charge in [-0.3, -0.25) is 19.8 Å². The molecule has 9 nitrogen and oxygen atoms in total. The first-order chi connectivity index (χ1) is 13.3. The Hall–Kier alpha value is -2.23. The third-order valence-electron chi connectivity index (χ3n) is 5.33. The molecule has 2 aliphatic heterocycles. The van der Waals surface area contributed by atoms with Gasteiger partial charge in [0.2, 0.25) is 0 Å². The molecule has 3 rings (SSSR count). The minimum atomic E-state index is -1.18. The molecule has 1 unspecified atom stereocenters. The second-order valence-corrected chi connectivity index (χ2v) is 7.46. The number of hydrogen-bond donors (Lipinski definition) is 1. The molecule has 1 amide bonds. The Morgan fingerprint density at radius 2 is 2.07 bits per heavy atom. The zero-order chi connectivity index (χ0) is 20.5. The standard InChI is InChI=1S/C18H22ClN3O6/c1-2-7-20-8-5-18(6-9-20)21(15(11-28-18)17(24)25)16(23)13-10-12(22(26)27)3-4-14(13)19/h3-4,10,15H,2,5-9,11H2,1H3,(H,24,25). The predicted molar refractivity (Wildman–Crippen MR) is 100 cm³/mol. The zero-order valence-electron chi connectivity index (χ0n) is 15.5. The van der Waals surface area contributed by atoms with E-state index in [1.807, 2.05) is 0 Å². The van der Waals surface area contributed by atoms with Crippen molar-refractivity contribution in [3.63, 3.8) is 0 Å². The number of rotatable bonds is 5. The van der Waals surface area contributed by atoms with Crippen LogP contribution >= 0.6 is 11.6 Å². The number of amides is 1. The Kier molecular flexibility index (Phi) is 5.87. The monoisotopic (exact) mass is 411 g/mol. The van der Waals surface area contributed by atoms with Gasteiger partial charge in [-0.25, -0.2) is 4.79 Å². The molecule has 1 aromatic rings. The van der Waals surface area contributed by atoms with E-state index in [-0.39, 0.29) is 22.9 Å². The number of non-ortho nitro benzene ring substituents is 1. The minimum Gasteiger partial charge on any atom is -0.480 e. The van der Waals surface area contributed by atoms with Gasteiger partial charge in [0, 0.05) is 38.1 Å². The number of carboxylic acids is 1. The Morgan fingerprint density at radius 3 is 2.64 bits per heavy atom. The molecule has 1 spiro atoms. The molecule has 0 aromatic heterocycles. The van der Waals surface area contributed by atoms with Gasteiger partial charge in [-0.15, -0.1) is 0 Å². The van der Waals surface area contributed by atoms with Crippen LogP contribution in [0.3, 0.4) is 0 Å². The smallest absolute Gasteiger partial charge is 0.328 e. The second-order valence-electron chi connectivity index (χ2n) is 7.05. The number of likely N-dealkylation sites (tertiary alicyclic amines) is 1. The van der Waals surface area contributed by atoms with Crippen molar-refractivity contribution >= 4 is 29.2 Å². The van der Waals surface area contributed by atoms with Gasteiger partial charge in [0.25, 0.3) is 11.6 Å². The highest BCUT2D eigenvalue weighted by Gasteiger charge is 2.54. The topological polar surface area (TPSA) is 113 Å². The summed E-state index contributed by atoms with van der Waals surface area (Å²) in [4.78, 5) is 39.0. The Morgan fingerprint density at radius 1 is 1.39 bits per heavy atom. The van der Waals surface area contributed by atoms with Crippen molar-refractivity contribution in [1.29, 1.82) is 0 Å². The van der Waals surface area contributed by atoms with Crippen molar-refractivity contribution in [3.8, 4) is 0 Å². The fraction of sp³-hybridized carbons (Fsp3) is 0.556. The molecular formula is C18H22ClN3O6. The number of aliphatic carboxylic acids is 1. The van der Waals surface area contributed by atoms with Gasteiger partial charge in [-0.2, -0.15) is 0 Å². The molecule has 2 aliphatic rings. The fourth-order valence-corrected chi connectivity index (χ4v) is 4.12. The molecule has 0 bridgehead atoms. The lowest BCUT2D eigenvalue weighted by Crippen LogP contribution is -2.58. The molecule has 1 aromatic carbocycles. The summed E-state index contributed by atoms with van der Waals surface area (Å²) in [6.45, 7) is 4.22. The molecule has 2 saturated heterocycles. The number of piperidine rings is 1. The maximum absolute atomic E-state index is 13.3. The number of benzene rings is 1. The SMILES string of the molecule is CCCN1CCC2(CC1)OCC(C(=O)O)N2C(=O)c1cc([N+](=O)[O-])ccc1Cl. The van der Waals surface area contributed by atoms with E-state index in [1.165, 1.54) is 17.0 Å². The van der Waals surface area contributed by atoms with Crippen LogP contribution in [0.4, 0.5) is 5.69 Å². The van der Waals surface area contributed by atoms with Crippen LogP contribution in [0.15, 0.2) is 18.2 Å². The van der Waals surface area contributed by atoms with Gasteiger partial charge in [-0.05, 0) is 19.0 Å². The maximum Gasteiger partial charge on any atom is 0.328 e. The average molecular weight is 412 g/mol. The summed E-state index contributed by atoms with van der Waals surface area (Å²) in [5.74, 6) is -1.84. The minimum absolute atomic E-state index is 0.0326. The van der Waals surface area contributed by atoms with Gasteiger partial charge in [-0.1, -0.05) is 18.5 Å². The number of hydrogen-bond acceptors (Lipinski definition) is 6. The van der Waals surface area contributed by atoms with Crippen LogP contribution < -0.4 is 0 Å². The highest BCUT2D eigenvalue weighted by atomic mass is 35.5. The van der Waals surface area contributed by atoms with Crippen LogP contribution in [0.1, 0.15) is 36.5 Å². The molecule has 2 heterocycles. The van der Waals surface area contributed by atoms with Crippen LogP contribution in [-0.2, 0) is 9.53 Å². The number of carbonyl (C=O) groups is 2. The van der Waals surface area contributed by atoms with Crippen molar-refractivity contribution in [1.82, 2.24) is 9.80 Å². The first-order valence-electron chi connectivity index (χ1n) is 9.16. The molecule has 1 N–H and O–H groups in total. The number of carboxylic acid groups (broad SMARTS) is 1. The number of carbonyl (C=O) groups excluding carboxylic acids is 1. The third-order valence-corrected chi connectivity index (χ3v) is 5.66. The van der Waals surface area contributed by atoms with E-state index >= 15 is 0 Å². The van der Waals surface area contributed by atoms with Crippen LogP contribution in [0.5, 0.6) is 0 Å². The number of nitrogens with zero attached hydrogens (tertiary/aromatic N) is 3. The van der Waals surface area contributed by atoms with Crippen molar-refractivity contribution in [2.24, 2.45) is 0 Å². The predicted octanol–water partition coefficient (Wildman–Crippen LogP) is 2.38. The highest BCUT2D eigenvalue weighted by molar-refractivity contribution is 6.34. The first kappa shape index (κ1) is 20.5. The summed E-state index contributed by atoms with van der Waals surface area (Å²) < 4.78 is 5.88. The van der Waals surface area contributed by atoms with Gasteiger partial charge >= 0.3 is 5.97 Å². The Balaban J connectivity index is 1.95. The molecule has 0 radical (unpaired) electrons.